The molecule has 1 rings (SSSR count). The summed E-state index contributed by atoms with van der Waals surface area (Å²) in [5.74, 6) is 0.150. The number of aromatic nitrogens is 1. The van der Waals surface area contributed by atoms with Gasteiger partial charge in [0.15, 0.2) is 0 Å². The zero-order valence-corrected chi connectivity index (χ0v) is 11.2. The maximum absolute atomic E-state index is 11.5. The summed E-state index contributed by atoms with van der Waals surface area (Å²) >= 11 is 0. The fourth-order valence-electron chi connectivity index (χ4n) is 1.68. The highest BCUT2D eigenvalue weighted by molar-refractivity contribution is 5.95. The Morgan fingerprint density at radius 3 is 2.83 bits per heavy atom. The third-order valence-electron chi connectivity index (χ3n) is 2.37. The second-order valence-electron chi connectivity index (χ2n) is 4.46. The molecule has 0 aliphatic carbocycles. The number of hydrogen-bond donors (Lipinski definition) is 2. The van der Waals surface area contributed by atoms with Crippen LogP contribution in [0.5, 0.6) is 0 Å². The lowest BCUT2D eigenvalue weighted by Gasteiger charge is -2.19. The average Bonchev–Trinajstić information content (AvgIpc) is 2.29. The van der Waals surface area contributed by atoms with Gasteiger partial charge < -0.3 is 20.7 Å². The number of nitrogens with one attached hydrogen (secondary N) is 1. The number of carbonyl (C=O) groups is 1. The molecule has 0 saturated heterocycles. The van der Waals surface area contributed by atoms with Crippen molar-refractivity contribution in [2.75, 3.05) is 38.8 Å². The van der Waals surface area contributed by atoms with Crippen LogP contribution in [0.1, 0.15) is 17.3 Å². The number of pyridine rings is 1. The molecule has 3 N–H and O–H groups in total. The van der Waals surface area contributed by atoms with E-state index in [0.29, 0.717) is 17.1 Å². The Morgan fingerprint density at radius 1 is 1.61 bits per heavy atom. The van der Waals surface area contributed by atoms with Gasteiger partial charge in [0, 0.05) is 12.6 Å². The molecular formula is C12H20N4O2. The first-order valence-electron chi connectivity index (χ1n) is 5.69. The van der Waals surface area contributed by atoms with E-state index in [2.05, 4.69) is 19.9 Å². The maximum atomic E-state index is 11.5. The Morgan fingerprint density at radius 2 is 2.28 bits per heavy atom. The topological polar surface area (TPSA) is 80.5 Å². The first-order valence-corrected chi connectivity index (χ1v) is 5.69. The van der Waals surface area contributed by atoms with E-state index >= 15 is 0 Å². The Kier molecular flexibility index (Phi) is 4.91. The summed E-state index contributed by atoms with van der Waals surface area (Å²) in [7, 11) is 5.31. The Balaban J connectivity index is 2.82. The highest BCUT2D eigenvalue weighted by Crippen LogP contribution is 2.16. The molecule has 0 fully saturated rings. The predicted octanol–water partition coefficient (Wildman–Crippen LogP) is 0.812. The molecule has 0 aromatic carbocycles. The van der Waals surface area contributed by atoms with Crippen molar-refractivity contribution in [1.29, 1.82) is 0 Å². The van der Waals surface area contributed by atoms with Crippen molar-refractivity contribution in [1.82, 2.24) is 9.88 Å². The van der Waals surface area contributed by atoms with Gasteiger partial charge in [-0.05, 0) is 27.1 Å². The second kappa shape index (κ2) is 6.20. The summed E-state index contributed by atoms with van der Waals surface area (Å²) in [6.45, 7) is 2.90. The second-order valence-corrected chi connectivity index (χ2v) is 4.46. The van der Waals surface area contributed by atoms with Crippen LogP contribution in [0.15, 0.2) is 12.3 Å². The molecule has 1 unspecified atom stereocenters. The number of likely N-dealkylation sites (N-methyl/N-ethyl adjacent to an activating group) is 1. The molecule has 6 heteroatoms. The summed E-state index contributed by atoms with van der Waals surface area (Å²) in [6, 6.07) is 1.81. The summed E-state index contributed by atoms with van der Waals surface area (Å²) in [5, 5.41) is 3.20. The summed E-state index contributed by atoms with van der Waals surface area (Å²) in [6.07, 6.45) is 1.46. The molecule has 1 heterocycles. The van der Waals surface area contributed by atoms with Gasteiger partial charge in [-0.25, -0.2) is 9.78 Å². The van der Waals surface area contributed by atoms with Gasteiger partial charge in [0.25, 0.3) is 0 Å². The van der Waals surface area contributed by atoms with E-state index in [0.717, 1.165) is 6.54 Å². The summed E-state index contributed by atoms with van der Waals surface area (Å²) in [4.78, 5) is 17.7. The van der Waals surface area contributed by atoms with Crippen molar-refractivity contribution in [2.45, 2.75) is 13.0 Å². The van der Waals surface area contributed by atoms with Crippen LogP contribution >= 0.6 is 0 Å². The molecule has 0 amide bonds. The molecule has 6 nitrogen and oxygen atoms in total. The number of ether oxygens (including phenoxy) is 1. The van der Waals surface area contributed by atoms with E-state index in [1.807, 2.05) is 21.0 Å². The molecular weight excluding hydrogens is 232 g/mol. The number of carbonyl (C=O) groups excluding carboxylic acids is 1. The van der Waals surface area contributed by atoms with Crippen molar-refractivity contribution >= 4 is 17.5 Å². The maximum Gasteiger partial charge on any atom is 0.340 e. The van der Waals surface area contributed by atoms with Crippen LogP contribution in [0.2, 0.25) is 0 Å². The molecule has 0 saturated carbocycles. The van der Waals surface area contributed by atoms with Gasteiger partial charge >= 0.3 is 5.97 Å². The van der Waals surface area contributed by atoms with Crippen LogP contribution in [0, 0.1) is 0 Å². The Bertz CT molecular complexity index is 421. The minimum atomic E-state index is -0.460. The number of hydrogen-bond acceptors (Lipinski definition) is 6. The van der Waals surface area contributed by atoms with Crippen LogP contribution in [0.25, 0.3) is 0 Å². The standard InChI is InChI=1S/C12H20N4O2/c1-8(7-16(2)3)15-11-5-9(12(17)18-4)10(13)6-14-11/h5-6,8H,7,13H2,1-4H3,(H,14,15). The Labute approximate surface area is 107 Å². The number of methoxy groups -OCH3 is 1. The first-order chi connectivity index (χ1) is 8.43. The van der Waals surface area contributed by atoms with Crippen molar-refractivity contribution < 1.29 is 9.53 Å². The third-order valence-corrected chi connectivity index (χ3v) is 2.37. The van der Waals surface area contributed by atoms with Crippen LogP contribution in [-0.2, 0) is 4.74 Å². The van der Waals surface area contributed by atoms with Crippen LogP contribution in [0.4, 0.5) is 11.5 Å². The predicted molar refractivity (Wildman–Crippen MR) is 71.6 cm³/mol. The number of nitrogen functional groups attached to an aromatic ring is 1. The van der Waals surface area contributed by atoms with Crippen molar-refractivity contribution in [3.63, 3.8) is 0 Å². The molecule has 0 aliphatic rings. The van der Waals surface area contributed by atoms with Crippen molar-refractivity contribution in [3.8, 4) is 0 Å². The quantitative estimate of drug-likeness (QED) is 0.755. The Hall–Kier alpha value is -1.82. The highest BCUT2D eigenvalue weighted by atomic mass is 16.5. The molecule has 1 atom stereocenters. The van der Waals surface area contributed by atoms with E-state index in [9.17, 15) is 4.79 Å². The third kappa shape index (κ3) is 3.89. The number of esters is 1. The lowest BCUT2D eigenvalue weighted by Crippen LogP contribution is -2.30. The number of anilines is 2. The van der Waals surface area contributed by atoms with Crippen LogP contribution < -0.4 is 11.1 Å². The van der Waals surface area contributed by atoms with Gasteiger partial charge in [0.2, 0.25) is 0 Å². The molecule has 0 spiro atoms. The van der Waals surface area contributed by atoms with Gasteiger partial charge in [0.1, 0.15) is 5.82 Å². The summed E-state index contributed by atoms with van der Waals surface area (Å²) < 4.78 is 4.66. The van der Waals surface area contributed by atoms with Gasteiger partial charge in [-0.15, -0.1) is 0 Å². The molecule has 1 aromatic rings. The molecule has 0 radical (unpaired) electrons. The van der Waals surface area contributed by atoms with Crippen molar-refractivity contribution in [2.24, 2.45) is 0 Å². The molecule has 0 bridgehead atoms. The van der Waals surface area contributed by atoms with E-state index in [1.54, 1.807) is 6.07 Å². The van der Waals surface area contributed by atoms with E-state index in [1.165, 1.54) is 13.3 Å². The van der Waals surface area contributed by atoms with E-state index in [4.69, 9.17) is 5.73 Å². The molecule has 18 heavy (non-hydrogen) atoms. The lowest BCUT2D eigenvalue weighted by atomic mass is 10.2. The monoisotopic (exact) mass is 252 g/mol. The van der Waals surface area contributed by atoms with Gasteiger partial charge in [-0.2, -0.15) is 0 Å². The van der Waals surface area contributed by atoms with Gasteiger partial charge in [0.05, 0.1) is 24.6 Å². The zero-order chi connectivity index (χ0) is 13.7. The fraction of sp³-hybridized carbons (Fsp3) is 0.500. The van der Waals surface area contributed by atoms with Crippen LogP contribution in [-0.4, -0.2) is 49.6 Å². The zero-order valence-electron chi connectivity index (χ0n) is 11.2. The van der Waals surface area contributed by atoms with Crippen LogP contribution in [0.3, 0.4) is 0 Å². The number of nitrogens with two attached hydrogens (primary N) is 1. The van der Waals surface area contributed by atoms with Gasteiger partial charge in [-0.3, -0.25) is 0 Å². The lowest BCUT2D eigenvalue weighted by molar-refractivity contribution is 0.0602. The molecule has 0 aliphatic heterocycles. The molecule has 100 valence electrons. The SMILES string of the molecule is COC(=O)c1cc(NC(C)CN(C)C)ncc1N. The molecule has 1 aromatic heterocycles. The van der Waals surface area contributed by atoms with E-state index < -0.39 is 5.97 Å². The number of nitrogens with zero attached hydrogens (tertiary/aromatic N) is 2. The fourth-order valence-corrected chi connectivity index (χ4v) is 1.68. The first kappa shape index (κ1) is 14.2. The minimum Gasteiger partial charge on any atom is -0.465 e. The minimum absolute atomic E-state index is 0.210. The largest absolute Gasteiger partial charge is 0.465 e. The average molecular weight is 252 g/mol. The van der Waals surface area contributed by atoms with E-state index in [-0.39, 0.29) is 6.04 Å². The van der Waals surface area contributed by atoms with Crippen molar-refractivity contribution in [3.05, 3.63) is 17.8 Å². The van der Waals surface area contributed by atoms with Gasteiger partial charge in [-0.1, -0.05) is 0 Å². The smallest absolute Gasteiger partial charge is 0.340 e. The number of rotatable bonds is 5. The summed E-state index contributed by atoms with van der Waals surface area (Å²) in [5.41, 5.74) is 6.32. The normalized spacial score (nSPS) is 12.3. The highest BCUT2D eigenvalue weighted by Gasteiger charge is 2.12.